The van der Waals surface area contributed by atoms with Crippen LogP contribution in [0.4, 0.5) is 0 Å². The van der Waals surface area contributed by atoms with Crippen LogP contribution >= 0.6 is 11.6 Å². The molecule has 6 heteroatoms. The molecule has 0 aliphatic rings. The number of hydrogen-bond acceptors (Lipinski definition) is 5. The minimum atomic E-state index is -0.286. The van der Waals surface area contributed by atoms with Gasteiger partial charge in [0.1, 0.15) is 0 Å². The average molecular weight is 283 g/mol. The number of methoxy groups -OCH3 is 2. The van der Waals surface area contributed by atoms with Crippen LogP contribution in [0.2, 0.25) is 5.22 Å². The molecule has 0 fully saturated rings. The molecule has 1 aromatic heterocycles. The summed E-state index contributed by atoms with van der Waals surface area (Å²) in [6.07, 6.45) is 1.52. The fourth-order valence-corrected chi connectivity index (χ4v) is 2.13. The van der Waals surface area contributed by atoms with Gasteiger partial charge in [0.15, 0.2) is 16.7 Å². The summed E-state index contributed by atoms with van der Waals surface area (Å²) in [5, 5.41) is 0.303. The van der Waals surface area contributed by atoms with Crippen LogP contribution in [0.15, 0.2) is 34.9 Å². The Morgan fingerprint density at radius 3 is 2.47 bits per heavy atom. The molecule has 0 saturated carbocycles. The molecule has 0 radical (unpaired) electrons. The van der Waals surface area contributed by atoms with Crippen molar-refractivity contribution in [2.45, 2.75) is 6.04 Å². The Hall–Kier alpha value is -1.69. The maximum atomic E-state index is 5.98. The first-order valence-corrected chi connectivity index (χ1v) is 6.00. The van der Waals surface area contributed by atoms with Crippen LogP contribution in [0.25, 0.3) is 0 Å². The number of hydrogen-bond donors (Lipinski definition) is 2. The molecule has 1 heterocycles. The Balaban J connectivity index is 2.42. The van der Waals surface area contributed by atoms with Crippen molar-refractivity contribution < 1.29 is 13.9 Å². The molecule has 19 heavy (non-hydrogen) atoms. The molecule has 0 saturated heterocycles. The van der Waals surface area contributed by atoms with Gasteiger partial charge in [-0.3, -0.25) is 5.84 Å². The number of nitrogens with two attached hydrogens (primary N) is 1. The van der Waals surface area contributed by atoms with Gasteiger partial charge in [0, 0.05) is 5.56 Å². The standard InChI is InChI=1S/C13H15ClN2O3/c1-17-10-4-3-8(7-11(10)18-2)12(16-15)9-5-6-19-13(9)14/h3-7,12,16H,15H2,1-2H3. The van der Waals surface area contributed by atoms with E-state index < -0.39 is 0 Å². The smallest absolute Gasteiger partial charge is 0.198 e. The highest BCUT2D eigenvalue weighted by atomic mass is 35.5. The molecule has 0 aliphatic heterocycles. The van der Waals surface area contributed by atoms with E-state index in [4.69, 9.17) is 31.3 Å². The van der Waals surface area contributed by atoms with E-state index in [0.29, 0.717) is 16.7 Å². The van der Waals surface area contributed by atoms with Crippen molar-refractivity contribution in [3.63, 3.8) is 0 Å². The third kappa shape index (κ3) is 2.68. The molecule has 5 nitrogen and oxygen atoms in total. The zero-order valence-electron chi connectivity index (χ0n) is 10.6. The normalized spacial score (nSPS) is 12.2. The number of rotatable bonds is 5. The van der Waals surface area contributed by atoms with E-state index in [1.165, 1.54) is 6.26 Å². The molecular weight excluding hydrogens is 268 g/mol. The molecule has 0 bridgehead atoms. The van der Waals surface area contributed by atoms with Gasteiger partial charge >= 0.3 is 0 Å². The maximum Gasteiger partial charge on any atom is 0.198 e. The number of halogens is 1. The fourth-order valence-electron chi connectivity index (χ4n) is 1.91. The summed E-state index contributed by atoms with van der Waals surface area (Å²) in [5.41, 5.74) is 4.36. The molecule has 2 aromatic rings. The molecule has 0 spiro atoms. The van der Waals surface area contributed by atoms with Crippen molar-refractivity contribution in [2.75, 3.05) is 14.2 Å². The lowest BCUT2D eigenvalue weighted by molar-refractivity contribution is 0.354. The summed E-state index contributed by atoms with van der Waals surface area (Å²) >= 11 is 5.98. The first-order chi connectivity index (χ1) is 9.21. The van der Waals surface area contributed by atoms with Crippen LogP contribution in [-0.4, -0.2) is 14.2 Å². The van der Waals surface area contributed by atoms with E-state index in [2.05, 4.69) is 5.43 Å². The molecule has 1 atom stereocenters. The van der Waals surface area contributed by atoms with E-state index in [-0.39, 0.29) is 6.04 Å². The van der Waals surface area contributed by atoms with Gasteiger partial charge in [-0.2, -0.15) is 0 Å². The quantitative estimate of drug-likeness (QED) is 0.651. The van der Waals surface area contributed by atoms with Gasteiger partial charge in [0.05, 0.1) is 26.5 Å². The maximum absolute atomic E-state index is 5.98. The largest absolute Gasteiger partial charge is 0.493 e. The fraction of sp³-hybridized carbons (Fsp3) is 0.231. The number of furan rings is 1. The van der Waals surface area contributed by atoms with Crippen molar-refractivity contribution in [1.82, 2.24) is 5.43 Å². The van der Waals surface area contributed by atoms with E-state index in [1.54, 1.807) is 20.3 Å². The number of nitrogens with one attached hydrogen (secondary N) is 1. The SMILES string of the molecule is COc1ccc(C(NN)c2ccoc2Cl)cc1OC. The van der Waals surface area contributed by atoms with Crippen molar-refractivity contribution in [1.29, 1.82) is 0 Å². The number of hydrazine groups is 1. The van der Waals surface area contributed by atoms with Gasteiger partial charge in [-0.25, -0.2) is 5.43 Å². The molecule has 3 N–H and O–H groups in total. The van der Waals surface area contributed by atoms with Crippen LogP contribution in [0.5, 0.6) is 11.5 Å². The van der Waals surface area contributed by atoms with Crippen LogP contribution in [-0.2, 0) is 0 Å². The van der Waals surface area contributed by atoms with Crippen LogP contribution in [0.1, 0.15) is 17.2 Å². The lowest BCUT2D eigenvalue weighted by Crippen LogP contribution is -2.28. The summed E-state index contributed by atoms with van der Waals surface area (Å²) in [6.45, 7) is 0. The Morgan fingerprint density at radius 2 is 1.95 bits per heavy atom. The Morgan fingerprint density at radius 1 is 1.21 bits per heavy atom. The van der Waals surface area contributed by atoms with Gasteiger partial charge in [0.2, 0.25) is 0 Å². The summed E-state index contributed by atoms with van der Waals surface area (Å²) in [7, 11) is 3.17. The van der Waals surface area contributed by atoms with E-state index >= 15 is 0 Å². The molecule has 102 valence electrons. The first kappa shape index (κ1) is 13.7. The van der Waals surface area contributed by atoms with Gasteiger partial charge in [-0.05, 0) is 35.4 Å². The van der Waals surface area contributed by atoms with Crippen molar-refractivity contribution >= 4 is 11.6 Å². The Kier molecular flexibility index (Phi) is 4.31. The second-order valence-electron chi connectivity index (χ2n) is 3.86. The van der Waals surface area contributed by atoms with Crippen molar-refractivity contribution in [2.24, 2.45) is 5.84 Å². The molecule has 2 rings (SSSR count). The van der Waals surface area contributed by atoms with Gasteiger partial charge in [0.25, 0.3) is 0 Å². The second-order valence-corrected chi connectivity index (χ2v) is 4.21. The summed E-state index contributed by atoms with van der Waals surface area (Å²) in [4.78, 5) is 0. The topological polar surface area (TPSA) is 69.7 Å². The third-order valence-corrected chi connectivity index (χ3v) is 3.17. The molecule has 0 amide bonds. The molecule has 1 aromatic carbocycles. The monoisotopic (exact) mass is 282 g/mol. The van der Waals surface area contributed by atoms with Crippen LogP contribution in [0, 0.1) is 0 Å². The zero-order valence-corrected chi connectivity index (χ0v) is 11.4. The summed E-state index contributed by atoms with van der Waals surface area (Å²) in [6, 6.07) is 7.02. The highest BCUT2D eigenvalue weighted by Crippen LogP contribution is 2.34. The minimum absolute atomic E-state index is 0.286. The van der Waals surface area contributed by atoms with Crippen molar-refractivity contribution in [3.8, 4) is 11.5 Å². The highest BCUT2D eigenvalue weighted by Gasteiger charge is 2.19. The highest BCUT2D eigenvalue weighted by molar-refractivity contribution is 6.29. The number of ether oxygens (including phenoxy) is 2. The molecule has 1 unspecified atom stereocenters. The summed E-state index contributed by atoms with van der Waals surface area (Å²) < 4.78 is 15.6. The second kappa shape index (κ2) is 5.97. The number of benzene rings is 1. The molecule has 0 aliphatic carbocycles. The summed E-state index contributed by atoms with van der Waals surface area (Å²) in [5.74, 6) is 6.88. The minimum Gasteiger partial charge on any atom is -0.493 e. The van der Waals surface area contributed by atoms with Crippen LogP contribution < -0.4 is 20.7 Å². The zero-order chi connectivity index (χ0) is 13.8. The Labute approximate surface area is 116 Å². The van der Waals surface area contributed by atoms with E-state index in [9.17, 15) is 0 Å². The lowest BCUT2D eigenvalue weighted by Gasteiger charge is -2.17. The van der Waals surface area contributed by atoms with Gasteiger partial charge in [-0.1, -0.05) is 6.07 Å². The first-order valence-electron chi connectivity index (χ1n) is 5.62. The Bertz CT molecular complexity index is 557. The lowest BCUT2D eigenvalue weighted by atomic mass is 10.0. The molecular formula is C13H15ClN2O3. The van der Waals surface area contributed by atoms with Gasteiger partial charge in [-0.15, -0.1) is 0 Å². The van der Waals surface area contributed by atoms with Crippen molar-refractivity contribution in [3.05, 3.63) is 46.9 Å². The van der Waals surface area contributed by atoms with E-state index in [1.807, 2.05) is 18.2 Å². The van der Waals surface area contributed by atoms with Crippen LogP contribution in [0.3, 0.4) is 0 Å². The predicted octanol–water partition coefficient (Wildman–Crippen LogP) is 2.50. The van der Waals surface area contributed by atoms with E-state index in [0.717, 1.165) is 11.1 Å². The average Bonchev–Trinajstić information content (AvgIpc) is 2.86. The predicted molar refractivity (Wildman–Crippen MR) is 72.4 cm³/mol. The van der Waals surface area contributed by atoms with Gasteiger partial charge < -0.3 is 13.9 Å². The third-order valence-electron chi connectivity index (χ3n) is 2.86.